The number of carbonyl (C=O) groups is 1. The number of fused-ring (bicyclic) bond motifs is 1. The molecular weight excluding hydrogens is 334 g/mol. The van der Waals surface area contributed by atoms with Crippen LogP contribution >= 0.6 is 0 Å². The van der Waals surface area contributed by atoms with Gasteiger partial charge in [-0.05, 0) is 56.0 Å². The van der Waals surface area contributed by atoms with E-state index in [0.29, 0.717) is 12.6 Å². The van der Waals surface area contributed by atoms with Crippen LogP contribution in [0.3, 0.4) is 0 Å². The van der Waals surface area contributed by atoms with Crippen molar-refractivity contribution in [3.8, 4) is 0 Å². The largest absolute Gasteiger partial charge is 0.368 e. The lowest BCUT2D eigenvalue weighted by molar-refractivity contribution is -0.130. The quantitative estimate of drug-likeness (QED) is 0.836. The highest BCUT2D eigenvalue weighted by Crippen LogP contribution is 2.31. The fourth-order valence-electron chi connectivity index (χ4n) is 4.39. The van der Waals surface area contributed by atoms with Crippen LogP contribution in [0.5, 0.6) is 0 Å². The number of hydrogen-bond donors (Lipinski definition) is 0. The van der Waals surface area contributed by atoms with Gasteiger partial charge in [-0.2, -0.15) is 0 Å². The molecule has 2 aliphatic heterocycles. The van der Waals surface area contributed by atoms with Crippen molar-refractivity contribution in [3.05, 3.63) is 59.2 Å². The monoisotopic (exact) mass is 363 g/mol. The van der Waals surface area contributed by atoms with Gasteiger partial charge in [-0.25, -0.2) is 0 Å². The predicted octanol–water partition coefficient (Wildman–Crippen LogP) is 3.40. The molecule has 1 unspecified atom stereocenters. The van der Waals surface area contributed by atoms with Crippen LogP contribution in [0.2, 0.25) is 0 Å². The third-order valence-electron chi connectivity index (χ3n) is 6.20. The Morgan fingerprint density at radius 3 is 2.44 bits per heavy atom. The topological polar surface area (TPSA) is 26.8 Å². The second kappa shape index (κ2) is 7.26. The van der Waals surface area contributed by atoms with Gasteiger partial charge in [0.2, 0.25) is 5.91 Å². The first-order valence-electron chi connectivity index (χ1n) is 9.98. The van der Waals surface area contributed by atoms with Crippen molar-refractivity contribution in [3.63, 3.8) is 0 Å². The van der Waals surface area contributed by atoms with Crippen molar-refractivity contribution in [2.75, 3.05) is 42.5 Å². The van der Waals surface area contributed by atoms with Gasteiger partial charge in [0.05, 0.1) is 6.54 Å². The number of hydrogen-bond acceptors (Lipinski definition) is 3. The Kier molecular flexibility index (Phi) is 4.81. The maximum absolute atomic E-state index is 12.9. The average Bonchev–Trinajstić information content (AvgIpc) is 2.99. The molecular formula is C23H29N3O. The van der Waals surface area contributed by atoms with E-state index in [-0.39, 0.29) is 5.91 Å². The SMILES string of the molecule is Cc1cccc(N2CCN(C(=O)CN3c4ccccc4CC3C)CC2)c1C. The molecule has 1 fully saturated rings. The summed E-state index contributed by atoms with van der Waals surface area (Å²) in [6.45, 7) is 10.5. The zero-order chi connectivity index (χ0) is 19.0. The molecule has 0 aliphatic carbocycles. The van der Waals surface area contributed by atoms with E-state index in [1.807, 2.05) is 4.90 Å². The number of aryl methyl sites for hydroxylation is 1. The molecule has 4 rings (SSSR count). The Labute approximate surface area is 162 Å². The molecule has 2 aromatic carbocycles. The highest BCUT2D eigenvalue weighted by Gasteiger charge is 2.30. The average molecular weight is 364 g/mol. The van der Waals surface area contributed by atoms with Gasteiger partial charge in [0.15, 0.2) is 0 Å². The lowest BCUT2D eigenvalue weighted by Gasteiger charge is -2.38. The van der Waals surface area contributed by atoms with Crippen molar-refractivity contribution in [2.45, 2.75) is 33.2 Å². The molecule has 0 radical (unpaired) electrons. The van der Waals surface area contributed by atoms with E-state index in [9.17, 15) is 4.79 Å². The number of piperazine rings is 1. The molecule has 2 aliphatic rings. The van der Waals surface area contributed by atoms with E-state index in [2.05, 4.69) is 73.0 Å². The molecule has 27 heavy (non-hydrogen) atoms. The number of para-hydroxylation sites is 1. The molecule has 4 nitrogen and oxygen atoms in total. The van der Waals surface area contributed by atoms with Gasteiger partial charge in [-0.15, -0.1) is 0 Å². The van der Waals surface area contributed by atoms with Gasteiger partial charge in [0, 0.05) is 43.6 Å². The van der Waals surface area contributed by atoms with Crippen LogP contribution < -0.4 is 9.80 Å². The Morgan fingerprint density at radius 1 is 0.963 bits per heavy atom. The standard InChI is InChI=1S/C23H29N3O/c1-17-7-6-10-21(19(17)3)24-11-13-25(14-12-24)23(27)16-26-18(2)15-20-8-4-5-9-22(20)26/h4-10,18H,11-16H2,1-3H3. The summed E-state index contributed by atoms with van der Waals surface area (Å²) in [4.78, 5) is 19.7. The van der Waals surface area contributed by atoms with Crippen molar-refractivity contribution in [2.24, 2.45) is 0 Å². The molecule has 0 saturated carbocycles. The summed E-state index contributed by atoms with van der Waals surface area (Å²) in [5.74, 6) is 0.249. The van der Waals surface area contributed by atoms with Gasteiger partial charge >= 0.3 is 0 Å². The smallest absolute Gasteiger partial charge is 0.242 e. The molecule has 2 heterocycles. The Bertz CT molecular complexity index is 839. The van der Waals surface area contributed by atoms with Crippen LogP contribution in [-0.4, -0.2) is 49.6 Å². The number of carbonyl (C=O) groups excluding carboxylic acids is 1. The third kappa shape index (κ3) is 3.41. The molecule has 0 N–H and O–H groups in total. The summed E-state index contributed by atoms with van der Waals surface area (Å²) < 4.78 is 0. The second-order valence-electron chi connectivity index (χ2n) is 7.90. The number of rotatable bonds is 3. The third-order valence-corrected chi connectivity index (χ3v) is 6.20. The first kappa shape index (κ1) is 17.9. The molecule has 142 valence electrons. The molecule has 0 aromatic heterocycles. The van der Waals surface area contributed by atoms with Crippen molar-refractivity contribution in [1.82, 2.24) is 4.90 Å². The van der Waals surface area contributed by atoms with Crippen molar-refractivity contribution in [1.29, 1.82) is 0 Å². The van der Waals surface area contributed by atoms with E-state index >= 15 is 0 Å². The maximum atomic E-state index is 12.9. The Balaban J connectivity index is 1.39. The highest BCUT2D eigenvalue weighted by atomic mass is 16.2. The van der Waals surface area contributed by atoms with Crippen LogP contribution in [0, 0.1) is 13.8 Å². The van der Waals surface area contributed by atoms with Crippen molar-refractivity contribution < 1.29 is 4.79 Å². The summed E-state index contributed by atoms with van der Waals surface area (Å²) in [7, 11) is 0. The van der Waals surface area contributed by atoms with E-state index in [1.54, 1.807) is 0 Å². The summed E-state index contributed by atoms with van der Waals surface area (Å²) in [6.07, 6.45) is 1.03. The Morgan fingerprint density at radius 2 is 1.67 bits per heavy atom. The summed E-state index contributed by atoms with van der Waals surface area (Å²) in [5, 5.41) is 0. The molecule has 4 heteroatoms. The fourth-order valence-corrected chi connectivity index (χ4v) is 4.39. The minimum absolute atomic E-state index is 0.249. The molecule has 1 amide bonds. The zero-order valence-electron chi connectivity index (χ0n) is 16.6. The second-order valence-corrected chi connectivity index (χ2v) is 7.90. The first-order valence-corrected chi connectivity index (χ1v) is 9.98. The predicted molar refractivity (Wildman–Crippen MR) is 112 cm³/mol. The summed E-state index contributed by atoms with van der Waals surface area (Å²) >= 11 is 0. The van der Waals surface area contributed by atoms with Gasteiger partial charge < -0.3 is 14.7 Å². The number of amides is 1. The van der Waals surface area contributed by atoms with Crippen LogP contribution in [0.1, 0.15) is 23.6 Å². The number of anilines is 2. The van der Waals surface area contributed by atoms with Gasteiger partial charge in [0.25, 0.3) is 0 Å². The molecule has 1 saturated heterocycles. The van der Waals surface area contributed by atoms with Crippen molar-refractivity contribution >= 4 is 17.3 Å². The minimum Gasteiger partial charge on any atom is -0.368 e. The highest BCUT2D eigenvalue weighted by molar-refractivity contribution is 5.83. The van der Waals surface area contributed by atoms with Crippen LogP contribution in [0.4, 0.5) is 11.4 Å². The van der Waals surface area contributed by atoms with Gasteiger partial charge in [-0.1, -0.05) is 30.3 Å². The van der Waals surface area contributed by atoms with E-state index in [0.717, 1.165) is 32.6 Å². The summed E-state index contributed by atoms with van der Waals surface area (Å²) in [5.41, 5.74) is 6.57. The molecule has 2 aromatic rings. The number of nitrogens with zero attached hydrogens (tertiary/aromatic N) is 3. The van der Waals surface area contributed by atoms with Crippen LogP contribution in [0.25, 0.3) is 0 Å². The summed E-state index contributed by atoms with van der Waals surface area (Å²) in [6, 6.07) is 15.4. The zero-order valence-corrected chi connectivity index (χ0v) is 16.6. The van der Waals surface area contributed by atoms with E-state index < -0.39 is 0 Å². The lowest BCUT2D eigenvalue weighted by atomic mass is 10.1. The van der Waals surface area contributed by atoms with E-state index in [4.69, 9.17) is 0 Å². The van der Waals surface area contributed by atoms with Gasteiger partial charge in [-0.3, -0.25) is 4.79 Å². The van der Waals surface area contributed by atoms with Crippen LogP contribution in [0.15, 0.2) is 42.5 Å². The maximum Gasteiger partial charge on any atom is 0.242 e. The molecule has 0 bridgehead atoms. The molecule has 0 spiro atoms. The number of benzene rings is 2. The van der Waals surface area contributed by atoms with E-state index in [1.165, 1.54) is 28.1 Å². The lowest BCUT2D eigenvalue weighted by Crippen LogP contribution is -2.52. The first-order chi connectivity index (χ1) is 13.0. The Hall–Kier alpha value is -2.49. The normalized spacial score (nSPS) is 19.4. The minimum atomic E-state index is 0.249. The molecule has 1 atom stereocenters. The van der Waals surface area contributed by atoms with Crippen LogP contribution in [-0.2, 0) is 11.2 Å². The van der Waals surface area contributed by atoms with Gasteiger partial charge in [0.1, 0.15) is 0 Å². The fraction of sp³-hybridized carbons (Fsp3) is 0.435.